The number of piperidine rings is 1. The molecule has 2 rings (SSSR count). The number of hydrogen-bond acceptors (Lipinski definition) is 2. The summed E-state index contributed by atoms with van der Waals surface area (Å²) in [4.78, 5) is 24.2. The van der Waals surface area contributed by atoms with Gasteiger partial charge in [0.1, 0.15) is 6.04 Å². The van der Waals surface area contributed by atoms with Crippen molar-refractivity contribution >= 4 is 11.9 Å². The quantitative estimate of drug-likeness (QED) is 0.608. The maximum Gasteiger partial charge on any atom is 0.324 e. The SMILES string of the molecule is CC[C@H]1CC[C@H]2C(=O)NC(=O)N2C1. The second kappa shape index (κ2) is 3.01. The monoisotopic (exact) mass is 182 g/mol. The predicted octanol–water partition coefficient (Wildman–Crippen LogP) is 0.727. The number of nitrogens with zero attached hydrogens (tertiary/aromatic N) is 1. The van der Waals surface area contributed by atoms with Crippen molar-refractivity contribution in [2.75, 3.05) is 6.54 Å². The van der Waals surface area contributed by atoms with Crippen molar-refractivity contribution in [3.8, 4) is 0 Å². The maximum atomic E-state index is 11.3. The third-order valence-electron chi connectivity index (χ3n) is 3.05. The van der Waals surface area contributed by atoms with Gasteiger partial charge in [0.15, 0.2) is 0 Å². The fourth-order valence-corrected chi connectivity index (χ4v) is 2.14. The van der Waals surface area contributed by atoms with Crippen molar-refractivity contribution in [2.45, 2.75) is 32.2 Å². The van der Waals surface area contributed by atoms with Crippen molar-refractivity contribution in [3.63, 3.8) is 0 Å². The highest BCUT2D eigenvalue weighted by Crippen LogP contribution is 2.26. The highest BCUT2D eigenvalue weighted by molar-refractivity contribution is 6.04. The van der Waals surface area contributed by atoms with Crippen LogP contribution in [0.3, 0.4) is 0 Å². The van der Waals surface area contributed by atoms with Crippen molar-refractivity contribution in [1.29, 1.82) is 0 Å². The van der Waals surface area contributed by atoms with Crippen molar-refractivity contribution < 1.29 is 9.59 Å². The molecular formula is C9H14N2O2. The van der Waals surface area contributed by atoms with Crippen LogP contribution in [0.5, 0.6) is 0 Å². The molecule has 0 aliphatic carbocycles. The number of nitrogens with one attached hydrogen (secondary N) is 1. The molecule has 4 heteroatoms. The van der Waals surface area contributed by atoms with E-state index >= 15 is 0 Å². The molecule has 2 aliphatic rings. The summed E-state index contributed by atoms with van der Waals surface area (Å²) in [6, 6.07) is -0.372. The minimum atomic E-state index is -0.201. The molecule has 0 bridgehead atoms. The molecule has 0 radical (unpaired) electrons. The Labute approximate surface area is 77.3 Å². The van der Waals surface area contributed by atoms with Crippen LogP contribution in [0.1, 0.15) is 26.2 Å². The Balaban J connectivity index is 2.10. The Morgan fingerprint density at radius 2 is 2.23 bits per heavy atom. The summed E-state index contributed by atoms with van der Waals surface area (Å²) in [6.45, 7) is 2.87. The van der Waals surface area contributed by atoms with Crippen LogP contribution in [-0.4, -0.2) is 29.4 Å². The van der Waals surface area contributed by atoms with Gasteiger partial charge >= 0.3 is 6.03 Å². The van der Waals surface area contributed by atoms with Gasteiger partial charge in [0.2, 0.25) is 0 Å². The van der Waals surface area contributed by atoms with Crippen molar-refractivity contribution in [3.05, 3.63) is 0 Å². The summed E-state index contributed by atoms with van der Waals surface area (Å²) >= 11 is 0. The lowest BCUT2D eigenvalue weighted by molar-refractivity contribution is -0.122. The molecule has 2 saturated heterocycles. The first kappa shape index (κ1) is 8.53. The van der Waals surface area contributed by atoms with Crippen LogP contribution >= 0.6 is 0 Å². The Bertz CT molecular complexity index is 252. The minimum absolute atomic E-state index is 0.112. The predicted molar refractivity (Wildman–Crippen MR) is 47.0 cm³/mol. The standard InChI is InChI=1S/C9H14N2O2/c1-2-6-3-4-7-8(12)10-9(13)11(7)5-6/h6-7H,2-5H2,1H3,(H,10,12,13)/t6-,7-/m0/s1. The van der Waals surface area contributed by atoms with Crippen molar-refractivity contribution in [2.24, 2.45) is 5.92 Å². The molecule has 0 aromatic rings. The zero-order valence-electron chi connectivity index (χ0n) is 7.75. The Hall–Kier alpha value is -1.06. The fourth-order valence-electron chi connectivity index (χ4n) is 2.14. The van der Waals surface area contributed by atoms with E-state index in [0.717, 1.165) is 25.8 Å². The maximum absolute atomic E-state index is 11.3. The van der Waals surface area contributed by atoms with E-state index in [0.29, 0.717) is 5.92 Å². The summed E-state index contributed by atoms with van der Waals surface area (Å²) < 4.78 is 0. The molecule has 2 heterocycles. The number of fused-ring (bicyclic) bond motifs is 1. The van der Waals surface area contributed by atoms with Gasteiger partial charge in [-0.3, -0.25) is 10.1 Å². The van der Waals surface area contributed by atoms with Gasteiger partial charge < -0.3 is 4.90 Å². The van der Waals surface area contributed by atoms with E-state index in [4.69, 9.17) is 0 Å². The number of urea groups is 1. The Morgan fingerprint density at radius 1 is 1.46 bits per heavy atom. The van der Waals surface area contributed by atoms with Crippen LogP contribution < -0.4 is 5.32 Å². The van der Waals surface area contributed by atoms with Gasteiger partial charge in [-0.15, -0.1) is 0 Å². The smallest absolute Gasteiger partial charge is 0.312 e. The van der Waals surface area contributed by atoms with Crippen LogP contribution in [0, 0.1) is 5.92 Å². The van der Waals surface area contributed by atoms with E-state index < -0.39 is 0 Å². The molecule has 0 spiro atoms. The average molecular weight is 182 g/mol. The molecule has 2 atom stereocenters. The Morgan fingerprint density at radius 3 is 2.92 bits per heavy atom. The first-order chi connectivity index (χ1) is 6.22. The summed E-state index contributed by atoms with van der Waals surface area (Å²) in [7, 11) is 0. The highest BCUT2D eigenvalue weighted by Gasteiger charge is 2.41. The summed E-state index contributed by atoms with van der Waals surface area (Å²) in [5.74, 6) is 0.465. The van der Waals surface area contributed by atoms with Gasteiger partial charge in [-0.2, -0.15) is 0 Å². The van der Waals surface area contributed by atoms with Crippen LogP contribution in [-0.2, 0) is 4.79 Å². The minimum Gasteiger partial charge on any atom is -0.312 e. The molecule has 13 heavy (non-hydrogen) atoms. The summed E-state index contributed by atoms with van der Waals surface area (Å²) in [5.41, 5.74) is 0. The van der Waals surface area contributed by atoms with E-state index in [1.807, 2.05) is 0 Å². The summed E-state index contributed by atoms with van der Waals surface area (Å²) in [6.07, 6.45) is 2.99. The molecule has 2 fully saturated rings. The largest absolute Gasteiger partial charge is 0.324 e. The molecule has 0 aromatic heterocycles. The average Bonchev–Trinajstić information content (AvgIpc) is 2.42. The first-order valence-electron chi connectivity index (χ1n) is 4.84. The summed E-state index contributed by atoms with van der Waals surface area (Å²) in [5, 5.41) is 2.35. The lowest BCUT2D eigenvalue weighted by Crippen LogP contribution is -2.42. The Kier molecular flexibility index (Phi) is 1.98. The lowest BCUT2D eigenvalue weighted by Gasteiger charge is -2.32. The van der Waals surface area contributed by atoms with E-state index in [1.165, 1.54) is 0 Å². The molecule has 0 aromatic carbocycles. The molecule has 72 valence electrons. The molecule has 4 nitrogen and oxygen atoms in total. The molecule has 2 aliphatic heterocycles. The van der Waals surface area contributed by atoms with E-state index in [9.17, 15) is 9.59 Å². The number of imide groups is 1. The molecule has 1 N–H and O–H groups in total. The molecular weight excluding hydrogens is 168 g/mol. The van der Waals surface area contributed by atoms with Crippen LogP contribution in [0.25, 0.3) is 0 Å². The van der Waals surface area contributed by atoms with Crippen LogP contribution in [0.15, 0.2) is 0 Å². The zero-order valence-corrected chi connectivity index (χ0v) is 7.75. The van der Waals surface area contributed by atoms with Gasteiger partial charge in [0.05, 0.1) is 0 Å². The van der Waals surface area contributed by atoms with Crippen LogP contribution in [0.4, 0.5) is 4.79 Å². The number of carbonyl (C=O) groups excluding carboxylic acids is 2. The normalized spacial score (nSPS) is 33.2. The second-order valence-electron chi connectivity index (χ2n) is 3.81. The van der Waals surface area contributed by atoms with Crippen LogP contribution in [0.2, 0.25) is 0 Å². The number of carbonyl (C=O) groups is 2. The number of hydrogen-bond donors (Lipinski definition) is 1. The fraction of sp³-hybridized carbons (Fsp3) is 0.778. The second-order valence-corrected chi connectivity index (χ2v) is 3.81. The van der Waals surface area contributed by atoms with E-state index in [-0.39, 0.29) is 18.0 Å². The number of amides is 3. The van der Waals surface area contributed by atoms with Gasteiger partial charge in [0, 0.05) is 6.54 Å². The van der Waals surface area contributed by atoms with Gasteiger partial charge in [-0.25, -0.2) is 4.79 Å². The molecule has 0 saturated carbocycles. The van der Waals surface area contributed by atoms with Gasteiger partial charge in [-0.1, -0.05) is 13.3 Å². The number of rotatable bonds is 1. The third kappa shape index (κ3) is 1.30. The molecule has 3 amide bonds. The lowest BCUT2D eigenvalue weighted by atomic mass is 9.92. The molecule has 0 unspecified atom stereocenters. The third-order valence-corrected chi connectivity index (χ3v) is 3.05. The zero-order chi connectivity index (χ0) is 9.42. The van der Waals surface area contributed by atoms with E-state index in [2.05, 4.69) is 12.2 Å². The van der Waals surface area contributed by atoms with E-state index in [1.54, 1.807) is 4.90 Å². The highest BCUT2D eigenvalue weighted by atomic mass is 16.2. The van der Waals surface area contributed by atoms with Gasteiger partial charge in [0.25, 0.3) is 5.91 Å². The van der Waals surface area contributed by atoms with Crippen molar-refractivity contribution in [1.82, 2.24) is 10.2 Å². The topological polar surface area (TPSA) is 49.4 Å². The first-order valence-corrected chi connectivity index (χ1v) is 4.84. The van der Waals surface area contributed by atoms with Gasteiger partial charge in [-0.05, 0) is 18.8 Å².